The highest BCUT2D eigenvalue weighted by molar-refractivity contribution is 5.94. The lowest BCUT2D eigenvalue weighted by Gasteiger charge is -2.33. The van der Waals surface area contributed by atoms with Gasteiger partial charge in [-0.25, -0.2) is 9.37 Å². The maximum absolute atomic E-state index is 13.0. The number of nitrogens with zero attached hydrogens (tertiary/aromatic N) is 3. The molecule has 1 aliphatic heterocycles. The number of ether oxygens (including phenoxy) is 1. The zero-order chi connectivity index (χ0) is 18.5. The Balaban J connectivity index is 1.57. The van der Waals surface area contributed by atoms with E-state index in [0.29, 0.717) is 25.3 Å². The molecule has 0 unspecified atom stereocenters. The minimum atomic E-state index is -0.337. The molecule has 1 saturated heterocycles. The van der Waals surface area contributed by atoms with Crippen molar-refractivity contribution in [2.45, 2.75) is 18.9 Å². The molecule has 2 aromatic rings. The van der Waals surface area contributed by atoms with Crippen molar-refractivity contribution in [2.75, 3.05) is 38.7 Å². The maximum Gasteiger partial charge on any atom is 0.254 e. The molecule has 6 heteroatoms. The summed E-state index contributed by atoms with van der Waals surface area (Å²) in [5, 5.41) is 0. The van der Waals surface area contributed by atoms with E-state index < -0.39 is 0 Å². The average molecular weight is 357 g/mol. The highest BCUT2D eigenvalue weighted by Gasteiger charge is 2.25. The van der Waals surface area contributed by atoms with Gasteiger partial charge in [-0.3, -0.25) is 4.79 Å². The van der Waals surface area contributed by atoms with Crippen molar-refractivity contribution in [3.63, 3.8) is 0 Å². The monoisotopic (exact) mass is 357 g/mol. The third-order valence-electron chi connectivity index (χ3n) is 4.54. The summed E-state index contributed by atoms with van der Waals surface area (Å²) in [5.41, 5.74) is 1.71. The molecule has 1 aromatic heterocycles. The summed E-state index contributed by atoms with van der Waals surface area (Å²) in [7, 11) is 3.94. The van der Waals surface area contributed by atoms with Crippen molar-refractivity contribution >= 4 is 11.7 Å². The van der Waals surface area contributed by atoms with Gasteiger partial charge in [-0.2, -0.15) is 0 Å². The van der Waals surface area contributed by atoms with Crippen LogP contribution in [0.3, 0.4) is 0 Å². The Hall–Kier alpha value is -2.47. The molecular weight excluding hydrogens is 333 g/mol. The Kier molecular flexibility index (Phi) is 5.83. The molecule has 1 atom stereocenters. The van der Waals surface area contributed by atoms with Crippen molar-refractivity contribution in [1.29, 1.82) is 0 Å². The number of aromatic nitrogens is 1. The van der Waals surface area contributed by atoms with Crippen LogP contribution in [0.5, 0.6) is 0 Å². The molecule has 0 spiro atoms. The first kappa shape index (κ1) is 18.3. The third-order valence-corrected chi connectivity index (χ3v) is 4.54. The summed E-state index contributed by atoms with van der Waals surface area (Å²) < 4.78 is 18.9. The largest absolute Gasteiger partial charge is 0.375 e. The number of aryl methyl sites for hydroxylation is 1. The number of halogens is 1. The van der Waals surface area contributed by atoms with Crippen LogP contribution < -0.4 is 4.90 Å². The lowest BCUT2D eigenvalue weighted by molar-refractivity contribution is -0.0246. The Morgan fingerprint density at radius 2 is 2.08 bits per heavy atom. The van der Waals surface area contributed by atoms with Crippen LogP contribution in [-0.4, -0.2) is 55.7 Å². The number of benzene rings is 1. The summed E-state index contributed by atoms with van der Waals surface area (Å²) >= 11 is 0. The average Bonchev–Trinajstić information content (AvgIpc) is 2.67. The summed E-state index contributed by atoms with van der Waals surface area (Å²) in [6, 6.07) is 9.78. The maximum atomic E-state index is 13.0. The van der Waals surface area contributed by atoms with Gasteiger partial charge in [-0.05, 0) is 54.8 Å². The normalized spacial score (nSPS) is 17.2. The predicted octanol–water partition coefficient (Wildman–Crippen LogP) is 2.76. The lowest BCUT2D eigenvalue weighted by atomic mass is 10.1. The fourth-order valence-corrected chi connectivity index (χ4v) is 3.04. The van der Waals surface area contributed by atoms with E-state index in [1.54, 1.807) is 4.90 Å². The highest BCUT2D eigenvalue weighted by atomic mass is 19.1. The van der Waals surface area contributed by atoms with Gasteiger partial charge in [-0.15, -0.1) is 0 Å². The minimum absolute atomic E-state index is 0.00381. The molecule has 5 nitrogen and oxygen atoms in total. The van der Waals surface area contributed by atoms with E-state index in [1.807, 2.05) is 31.3 Å². The summed E-state index contributed by atoms with van der Waals surface area (Å²) in [4.78, 5) is 20.7. The van der Waals surface area contributed by atoms with Crippen LogP contribution in [0.25, 0.3) is 0 Å². The first-order chi connectivity index (χ1) is 12.5. The molecule has 1 amide bonds. The second kappa shape index (κ2) is 8.27. The number of anilines is 1. The number of carbonyl (C=O) groups excluding carboxylic acids is 1. The molecule has 1 fully saturated rings. The SMILES string of the molecule is CN(C)c1cc(CC[C@H]2CN(C(=O)c3ccc(F)cc3)CCO2)ccn1. The topological polar surface area (TPSA) is 45.7 Å². The van der Waals surface area contributed by atoms with E-state index in [4.69, 9.17) is 4.74 Å². The zero-order valence-electron chi connectivity index (χ0n) is 15.2. The molecule has 0 saturated carbocycles. The number of carbonyl (C=O) groups is 1. The third kappa shape index (κ3) is 4.58. The number of hydrogen-bond acceptors (Lipinski definition) is 4. The number of hydrogen-bond donors (Lipinski definition) is 0. The van der Waals surface area contributed by atoms with Gasteiger partial charge in [0.25, 0.3) is 5.91 Å². The summed E-state index contributed by atoms with van der Waals surface area (Å²) in [6.45, 7) is 1.64. The van der Waals surface area contributed by atoms with Gasteiger partial charge in [0.2, 0.25) is 0 Å². The second-order valence-corrected chi connectivity index (χ2v) is 6.71. The van der Waals surface area contributed by atoms with Gasteiger partial charge in [0.15, 0.2) is 0 Å². The van der Waals surface area contributed by atoms with E-state index in [1.165, 1.54) is 29.8 Å². The molecule has 26 heavy (non-hydrogen) atoms. The van der Waals surface area contributed by atoms with Gasteiger partial charge in [0.05, 0.1) is 12.7 Å². The molecule has 2 heterocycles. The molecular formula is C20H24FN3O2. The second-order valence-electron chi connectivity index (χ2n) is 6.71. The molecule has 1 aliphatic rings. The Bertz CT molecular complexity index is 749. The molecule has 138 valence electrons. The molecule has 3 rings (SSSR count). The fraction of sp³-hybridized carbons (Fsp3) is 0.400. The summed E-state index contributed by atoms with van der Waals surface area (Å²) in [6.07, 6.45) is 3.53. The number of morpholine rings is 1. The van der Waals surface area contributed by atoms with Gasteiger partial charge in [-0.1, -0.05) is 0 Å². The quantitative estimate of drug-likeness (QED) is 0.825. The van der Waals surface area contributed by atoms with Crippen LogP contribution in [-0.2, 0) is 11.2 Å². The summed E-state index contributed by atoms with van der Waals surface area (Å²) in [5.74, 6) is 0.521. The van der Waals surface area contributed by atoms with Crippen molar-refractivity contribution < 1.29 is 13.9 Å². The Labute approximate surface area is 153 Å². The number of amides is 1. The van der Waals surface area contributed by atoms with Gasteiger partial charge in [0, 0.05) is 38.9 Å². The van der Waals surface area contributed by atoms with Crippen molar-refractivity contribution in [2.24, 2.45) is 0 Å². The molecule has 0 radical (unpaired) electrons. The van der Waals surface area contributed by atoms with Crippen LogP contribution in [0, 0.1) is 5.82 Å². The van der Waals surface area contributed by atoms with E-state index in [9.17, 15) is 9.18 Å². The lowest BCUT2D eigenvalue weighted by Crippen LogP contribution is -2.45. The highest BCUT2D eigenvalue weighted by Crippen LogP contribution is 2.17. The van der Waals surface area contributed by atoms with Crippen LogP contribution in [0.2, 0.25) is 0 Å². The molecule has 0 aliphatic carbocycles. The van der Waals surface area contributed by atoms with E-state index in [-0.39, 0.29) is 17.8 Å². The minimum Gasteiger partial charge on any atom is -0.375 e. The van der Waals surface area contributed by atoms with Crippen LogP contribution >= 0.6 is 0 Å². The smallest absolute Gasteiger partial charge is 0.254 e. The molecule has 0 bridgehead atoms. The van der Waals surface area contributed by atoms with Crippen LogP contribution in [0.15, 0.2) is 42.6 Å². The number of rotatable bonds is 5. The van der Waals surface area contributed by atoms with Crippen LogP contribution in [0.1, 0.15) is 22.3 Å². The van der Waals surface area contributed by atoms with Gasteiger partial charge < -0.3 is 14.5 Å². The zero-order valence-corrected chi connectivity index (χ0v) is 15.2. The van der Waals surface area contributed by atoms with Gasteiger partial charge in [0.1, 0.15) is 11.6 Å². The predicted molar refractivity (Wildman–Crippen MR) is 98.9 cm³/mol. The fourth-order valence-electron chi connectivity index (χ4n) is 3.04. The van der Waals surface area contributed by atoms with Crippen LogP contribution in [0.4, 0.5) is 10.2 Å². The standard InChI is InChI=1S/C20H24FN3O2/c1-23(2)19-13-15(9-10-22-19)3-8-18-14-24(11-12-26-18)20(25)16-4-6-17(21)7-5-16/h4-7,9-10,13,18H,3,8,11-12,14H2,1-2H3/t18-/m0/s1. The van der Waals surface area contributed by atoms with Crippen molar-refractivity contribution in [3.8, 4) is 0 Å². The molecule has 0 N–H and O–H groups in total. The van der Waals surface area contributed by atoms with Crippen molar-refractivity contribution in [3.05, 3.63) is 59.5 Å². The van der Waals surface area contributed by atoms with E-state index in [2.05, 4.69) is 11.1 Å². The first-order valence-electron chi connectivity index (χ1n) is 8.81. The molecule has 1 aromatic carbocycles. The number of pyridine rings is 1. The Morgan fingerprint density at radius 3 is 2.81 bits per heavy atom. The van der Waals surface area contributed by atoms with E-state index >= 15 is 0 Å². The Morgan fingerprint density at radius 1 is 1.31 bits per heavy atom. The van der Waals surface area contributed by atoms with E-state index in [0.717, 1.165) is 18.7 Å². The first-order valence-corrected chi connectivity index (χ1v) is 8.81. The van der Waals surface area contributed by atoms with Crippen molar-refractivity contribution in [1.82, 2.24) is 9.88 Å². The van der Waals surface area contributed by atoms with Gasteiger partial charge >= 0.3 is 0 Å².